The molecule has 0 bridgehead atoms. The molecule has 1 aromatic heterocycles. The van der Waals surface area contributed by atoms with E-state index in [9.17, 15) is 0 Å². The quantitative estimate of drug-likeness (QED) is 0.806. The van der Waals surface area contributed by atoms with Gasteiger partial charge in [0.15, 0.2) is 0 Å². The molecule has 0 aliphatic heterocycles. The van der Waals surface area contributed by atoms with Gasteiger partial charge >= 0.3 is 0 Å². The fourth-order valence-electron chi connectivity index (χ4n) is 2.68. The number of nitrogens with zero attached hydrogens (tertiary/aromatic N) is 2. The molecule has 17 heavy (non-hydrogen) atoms. The summed E-state index contributed by atoms with van der Waals surface area (Å²) in [5, 5.41) is 3.65. The summed E-state index contributed by atoms with van der Waals surface area (Å²) in [4.78, 5) is 4.61. The summed E-state index contributed by atoms with van der Waals surface area (Å²) in [5.74, 6) is 1.08. The molecule has 0 spiro atoms. The second kappa shape index (κ2) is 6.08. The summed E-state index contributed by atoms with van der Waals surface area (Å²) in [7, 11) is 0. The molecular weight excluding hydrogens is 210 g/mol. The third-order valence-corrected chi connectivity index (χ3v) is 3.55. The molecule has 0 radical (unpaired) electrons. The van der Waals surface area contributed by atoms with Gasteiger partial charge in [0, 0.05) is 18.8 Å². The number of nitrogens with one attached hydrogen (secondary N) is 1. The lowest BCUT2D eigenvalue weighted by Gasteiger charge is -2.17. The predicted molar refractivity (Wildman–Crippen MR) is 72.4 cm³/mol. The highest BCUT2D eigenvalue weighted by Crippen LogP contribution is 2.21. The van der Waals surface area contributed by atoms with E-state index in [0.29, 0.717) is 6.04 Å². The number of rotatable bonds is 4. The Hall–Kier alpha value is -0.990. The Morgan fingerprint density at radius 1 is 1.29 bits per heavy atom. The summed E-state index contributed by atoms with van der Waals surface area (Å²) in [6.45, 7) is 5.35. The number of aryl methyl sites for hydroxylation is 2. The molecule has 96 valence electrons. The van der Waals surface area contributed by atoms with Gasteiger partial charge in [0.2, 0.25) is 5.95 Å². The van der Waals surface area contributed by atoms with Gasteiger partial charge in [0.1, 0.15) is 0 Å². The lowest BCUT2D eigenvalue weighted by atomic mass is 10.1. The van der Waals surface area contributed by atoms with Crippen molar-refractivity contribution in [1.29, 1.82) is 0 Å². The molecule has 3 heteroatoms. The van der Waals surface area contributed by atoms with Gasteiger partial charge in [0.25, 0.3) is 0 Å². The first kappa shape index (κ1) is 12.5. The lowest BCUT2D eigenvalue weighted by molar-refractivity contribution is 0.600. The summed E-state index contributed by atoms with van der Waals surface area (Å²) in [6, 6.07) is 0.634. The summed E-state index contributed by atoms with van der Waals surface area (Å²) in [5.41, 5.74) is 1.12. The number of imidazole rings is 1. The van der Waals surface area contributed by atoms with Crippen LogP contribution in [0.15, 0.2) is 6.20 Å². The van der Waals surface area contributed by atoms with E-state index in [1.54, 1.807) is 0 Å². The zero-order chi connectivity index (χ0) is 12.1. The normalized spacial score (nSPS) is 18.0. The molecule has 0 amide bonds. The molecule has 1 aliphatic rings. The molecule has 2 rings (SSSR count). The molecule has 1 heterocycles. The van der Waals surface area contributed by atoms with Crippen LogP contribution in [-0.4, -0.2) is 15.6 Å². The van der Waals surface area contributed by atoms with Crippen molar-refractivity contribution in [3.8, 4) is 0 Å². The van der Waals surface area contributed by atoms with Crippen LogP contribution in [0.4, 0.5) is 5.95 Å². The Labute approximate surface area is 105 Å². The SMILES string of the molecule is CCCn1cc(C)nc1NC1CCCCCC1. The second-order valence-electron chi connectivity index (χ2n) is 5.23. The van der Waals surface area contributed by atoms with Crippen molar-refractivity contribution < 1.29 is 0 Å². The van der Waals surface area contributed by atoms with Crippen molar-refractivity contribution in [3.05, 3.63) is 11.9 Å². The van der Waals surface area contributed by atoms with Crippen molar-refractivity contribution in [2.24, 2.45) is 0 Å². The maximum Gasteiger partial charge on any atom is 0.203 e. The van der Waals surface area contributed by atoms with E-state index in [2.05, 4.69) is 34.9 Å². The Balaban J connectivity index is 2.00. The molecule has 0 unspecified atom stereocenters. The highest BCUT2D eigenvalue weighted by Gasteiger charge is 2.14. The van der Waals surface area contributed by atoms with Crippen LogP contribution in [0, 0.1) is 6.92 Å². The molecule has 1 aromatic rings. The van der Waals surface area contributed by atoms with Gasteiger partial charge in [-0.3, -0.25) is 0 Å². The Kier molecular flexibility index (Phi) is 4.46. The highest BCUT2D eigenvalue weighted by molar-refractivity contribution is 5.30. The van der Waals surface area contributed by atoms with E-state index in [4.69, 9.17) is 0 Å². The van der Waals surface area contributed by atoms with Gasteiger partial charge in [-0.25, -0.2) is 4.98 Å². The third-order valence-electron chi connectivity index (χ3n) is 3.55. The second-order valence-corrected chi connectivity index (χ2v) is 5.23. The number of hydrogen-bond donors (Lipinski definition) is 1. The van der Waals surface area contributed by atoms with Crippen molar-refractivity contribution in [1.82, 2.24) is 9.55 Å². The average Bonchev–Trinajstić information content (AvgIpc) is 2.53. The highest BCUT2D eigenvalue weighted by atomic mass is 15.2. The predicted octanol–water partition coefficient (Wildman–Crippen LogP) is 3.74. The van der Waals surface area contributed by atoms with E-state index in [1.807, 2.05) is 0 Å². The first-order valence-corrected chi connectivity index (χ1v) is 7.10. The van der Waals surface area contributed by atoms with Crippen LogP contribution >= 0.6 is 0 Å². The minimum Gasteiger partial charge on any atom is -0.353 e. The summed E-state index contributed by atoms with van der Waals surface area (Å²) in [6.07, 6.45) is 11.5. The van der Waals surface area contributed by atoms with Crippen LogP contribution in [0.25, 0.3) is 0 Å². The largest absolute Gasteiger partial charge is 0.353 e. The molecule has 0 atom stereocenters. The van der Waals surface area contributed by atoms with Crippen LogP contribution in [0.1, 0.15) is 57.6 Å². The number of anilines is 1. The topological polar surface area (TPSA) is 29.9 Å². The molecular formula is C14H25N3. The van der Waals surface area contributed by atoms with E-state index < -0.39 is 0 Å². The van der Waals surface area contributed by atoms with E-state index in [-0.39, 0.29) is 0 Å². The minimum atomic E-state index is 0.634. The smallest absolute Gasteiger partial charge is 0.203 e. The summed E-state index contributed by atoms with van der Waals surface area (Å²) >= 11 is 0. The van der Waals surface area contributed by atoms with Crippen molar-refractivity contribution in [2.45, 2.75) is 71.4 Å². The summed E-state index contributed by atoms with van der Waals surface area (Å²) < 4.78 is 2.26. The molecule has 1 N–H and O–H groups in total. The van der Waals surface area contributed by atoms with Gasteiger partial charge in [-0.1, -0.05) is 32.6 Å². The molecule has 3 nitrogen and oxygen atoms in total. The maximum absolute atomic E-state index is 4.61. The fourth-order valence-corrected chi connectivity index (χ4v) is 2.68. The molecule has 1 saturated carbocycles. The van der Waals surface area contributed by atoms with Crippen molar-refractivity contribution >= 4 is 5.95 Å². The molecule has 1 fully saturated rings. The average molecular weight is 235 g/mol. The maximum atomic E-state index is 4.61. The van der Waals surface area contributed by atoms with E-state index in [0.717, 1.165) is 24.6 Å². The van der Waals surface area contributed by atoms with Crippen LogP contribution < -0.4 is 5.32 Å². The van der Waals surface area contributed by atoms with Crippen LogP contribution in [0.2, 0.25) is 0 Å². The van der Waals surface area contributed by atoms with Gasteiger partial charge in [0.05, 0.1) is 5.69 Å². The minimum absolute atomic E-state index is 0.634. The van der Waals surface area contributed by atoms with Crippen molar-refractivity contribution in [2.75, 3.05) is 5.32 Å². The van der Waals surface area contributed by atoms with Crippen LogP contribution in [0.5, 0.6) is 0 Å². The van der Waals surface area contributed by atoms with Crippen LogP contribution in [0.3, 0.4) is 0 Å². The third kappa shape index (κ3) is 3.48. The standard InChI is InChI=1S/C14H25N3/c1-3-10-17-11-12(2)15-14(17)16-13-8-6-4-5-7-9-13/h11,13H,3-10H2,1-2H3,(H,15,16). The zero-order valence-corrected chi connectivity index (χ0v) is 11.2. The fraction of sp³-hybridized carbons (Fsp3) is 0.786. The number of hydrogen-bond acceptors (Lipinski definition) is 2. The Morgan fingerprint density at radius 3 is 2.65 bits per heavy atom. The Morgan fingerprint density at radius 2 is 2.00 bits per heavy atom. The van der Waals surface area contributed by atoms with Gasteiger partial charge < -0.3 is 9.88 Å². The monoisotopic (exact) mass is 235 g/mol. The van der Waals surface area contributed by atoms with E-state index in [1.165, 1.54) is 38.5 Å². The molecule has 0 saturated heterocycles. The van der Waals surface area contributed by atoms with Gasteiger partial charge in [-0.05, 0) is 26.2 Å². The Bertz CT molecular complexity index is 335. The zero-order valence-electron chi connectivity index (χ0n) is 11.2. The molecule has 0 aromatic carbocycles. The number of aromatic nitrogens is 2. The van der Waals surface area contributed by atoms with Crippen LogP contribution in [-0.2, 0) is 6.54 Å². The molecule has 1 aliphatic carbocycles. The van der Waals surface area contributed by atoms with Gasteiger partial charge in [-0.15, -0.1) is 0 Å². The lowest BCUT2D eigenvalue weighted by Crippen LogP contribution is -2.21. The van der Waals surface area contributed by atoms with E-state index >= 15 is 0 Å². The first-order chi connectivity index (χ1) is 8.29. The first-order valence-electron chi connectivity index (χ1n) is 7.10. The van der Waals surface area contributed by atoms with Crippen molar-refractivity contribution in [3.63, 3.8) is 0 Å². The van der Waals surface area contributed by atoms with Gasteiger partial charge in [-0.2, -0.15) is 0 Å².